The van der Waals surface area contributed by atoms with E-state index in [2.05, 4.69) is 32.3 Å². The summed E-state index contributed by atoms with van der Waals surface area (Å²) in [4.78, 5) is 37.1. The second-order valence-corrected chi connectivity index (χ2v) is 9.59. The predicted octanol–water partition coefficient (Wildman–Crippen LogP) is 4.76. The van der Waals surface area contributed by atoms with Gasteiger partial charge in [0.2, 0.25) is 11.8 Å². The van der Waals surface area contributed by atoms with Gasteiger partial charge in [0, 0.05) is 49.2 Å². The fourth-order valence-electron chi connectivity index (χ4n) is 4.63. The molecule has 194 valence electrons. The van der Waals surface area contributed by atoms with Crippen molar-refractivity contribution in [2.24, 2.45) is 0 Å². The number of para-hydroxylation sites is 1. The SMILES string of the molecule is COc1ccc(CN2CC(=O)Nc3ncc(/C=C/C(=O)N(C)C(C)c4cc5ccccc5[nH]4)cc3C2)cc1. The van der Waals surface area contributed by atoms with Crippen LogP contribution in [0.15, 0.2) is 72.9 Å². The Labute approximate surface area is 221 Å². The van der Waals surface area contributed by atoms with Crippen molar-refractivity contribution in [3.05, 3.63) is 95.3 Å². The standard InChI is InChI=1S/C30H31N5O3/c1-20(27-15-23-6-4-5-7-26(23)32-27)34(2)29(37)13-10-22-14-24-18-35(19-28(36)33-30(24)31-16-22)17-21-8-11-25(38-3)12-9-21/h4-16,20,32H,17-19H2,1-3H3,(H,31,33,36)/b13-10+. The minimum atomic E-state index is -0.119. The number of hydrogen-bond acceptors (Lipinski definition) is 5. The first kappa shape index (κ1) is 25.2. The number of carbonyl (C=O) groups is 2. The highest BCUT2D eigenvalue weighted by Crippen LogP contribution is 2.25. The number of hydrogen-bond donors (Lipinski definition) is 2. The van der Waals surface area contributed by atoms with Gasteiger partial charge < -0.3 is 19.9 Å². The number of carbonyl (C=O) groups excluding carboxylic acids is 2. The summed E-state index contributed by atoms with van der Waals surface area (Å²) in [6, 6.07) is 19.8. The number of benzene rings is 2. The lowest BCUT2D eigenvalue weighted by atomic mass is 10.1. The molecule has 8 nitrogen and oxygen atoms in total. The summed E-state index contributed by atoms with van der Waals surface area (Å²) >= 11 is 0. The number of methoxy groups -OCH3 is 1. The fourth-order valence-corrected chi connectivity index (χ4v) is 4.63. The van der Waals surface area contributed by atoms with Crippen LogP contribution in [0.3, 0.4) is 0 Å². The highest BCUT2D eigenvalue weighted by Gasteiger charge is 2.21. The molecule has 2 N–H and O–H groups in total. The lowest BCUT2D eigenvalue weighted by Gasteiger charge is -2.22. The molecule has 2 amide bonds. The molecule has 0 saturated heterocycles. The third-order valence-corrected chi connectivity index (χ3v) is 6.92. The molecular weight excluding hydrogens is 478 g/mol. The third-order valence-electron chi connectivity index (χ3n) is 6.92. The van der Waals surface area contributed by atoms with Crippen molar-refractivity contribution >= 4 is 34.6 Å². The van der Waals surface area contributed by atoms with Gasteiger partial charge in [-0.15, -0.1) is 0 Å². The van der Waals surface area contributed by atoms with Crippen LogP contribution in [0, 0.1) is 0 Å². The highest BCUT2D eigenvalue weighted by molar-refractivity contribution is 5.94. The van der Waals surface area contributed by atoms with E-state index in [0.29, 0.717) is 18.9 Å². The number of H-pyrrole nitrogens is 1. The zero-order chi connectivity index (χ0) is 26.6. The molecule has 0 radical (unpaired) electrons. The Kier molecular flexibility index (Phi) is 7.24. The summed E-state index contributed by atoms with van der Waals surface area (Å²) in [6.45, 7) is 3.44. The second kappa shape index (κ2) is 10.9. The maximum absolute atomic E-state index is 13.0. The number of likely N-dealkylation sites (N-methyl/N-ethyl adjacent to an activating group) is 1. The summed E-state index contributed by atoms with van der Waals surface area (Å²) in [6.07, 6.45) is 5.00. The first-order valence-corrected chi connectivity index (χ1v) is 12.6. The quantitative estimate of drug-likeness (QED) is 0.351. The Hall–Kier alpha value is -4.43. The molecule has 3 heterocycles. The lowest BCUT2D eigenvalue weighted by molar-refractivity contribution is -0.126. The topological polar surface area (TPSA) is 90.6 Å². The van der Waals surface area contributed by atoms with Crippen LogP contribution in [0.5, 0.6) is 5.75 Å². The summed E-state index contributed by atoms with van der Waals surface area (Å²) in [5.41, 5.74) is 4.82. The van der Waals surface area contributed by atoms with E-state index in [9.17, 15) is 9.59 Å². The van der Waals surface area contributed by atoms with Gasteiger partial charge in [-0.05, 0) is 59.8 Å². The molecule has 4 aromatic rings. The van der Waals surface area contributed by atoms with Crippen molar-refractivity contribution in [1.29, 1.82) is 0 Å². The number of rotatable bonds is 7. The minimum absolute atomic E-state index is 0.101. The summed E-state index contributed by atoms with van der Waals surface area (Å²) in [7, 11) is 3.44. The number of pyridine rings is 1. The molecule has 2 aromatic carbocycles. The van der Waals surface area contributed by atoms with E-state index in [4.69, 9.17) is 4.74 Å². The lowest BCUT2D eigenvalue weighted by Crippen LogP contribution is -2.29. The van der Waals surface area contributed by atoms with Gasteiger partial charge in [0.15, 0.2) is 0 Å². The molecule has 1 atom stereocenters. The molecule has 2 aromatic heterocycles. The fraction of sp³-hybridized carbons (Fsp3) is 0.233. The van der Waals surface area contributed by atoms with Crippen LogP contribution in [-0.4, -0.2) is 52.3 Å². The Morgan fingerprint density at radius 1 is 1.16 bits per heavy atom. The van der Waals surface area contributed by atoms with E-state index in [1.165, 1.54) is 0 Å². The number of aromatic nitrogens is 2. The maximum atomic E-state index is 13.0. The Morgan fingerprint density at radius 2 is 1.95 bits per heavy atom. The average Bonchev–Trinajstić information content (AvgIpc) is 3.30. The summed E-state index contributed by atoms with van der Waals surface area (Å²) in [5, 5.41) is 4.02. The third kappa shape index (κ3) is 5.60. The molecule has 0 saturated carbocycles. The van der Waals surface area contributed by atoms with E-state index in [1.807, 2.05) is 55.5 Å². The van der Waals surface area contributed by atoms with Gasteiger partial charge in [-0.2, -0.15) is 0 Å². The van der Waals surface area contributed by atoms with Crippen LogP contribution in [-0.2, 0) is 22.7 Å². The van der Waals surface area contributed by atoms with Gasteiger partial charge in [-0.25, -0.2) is 4.98 Å². The number of nitrogens with one attached hydrogen (secondary N) is 2. The molecule has 1 aliphatic heterocycles. The van der Waals surface area contributed by atoms with E-state index in [0.717, 1.165) is 39.0 Å². The number of aromatic amines is 1. The Balaban J connectivity index is 1.28. The van der Waals surface area contributed by atoms with Crippen LogP contribution in [0.4, 0.5) is 5.82 Å². The molecule has 5 rings (SSSR count). The maximum Gasteiger partial charge on any atom is 0.246 e. The van der Waals surface area contributed by atoms with Gasteiger partial charge >= 0.3 is 0 Å². The number of anilines is 1. The highest BCUT2D eigenvalue weighted by atomic mass is 16.5. The van der Waals surface area contributed by atoms with E-state index < -0.39 is 0 Å². The molecule has 0 bridgehead atoms. The smallest absolute Gasteiger partial charge is 0.246 e. The molecule has 8 heteroatoms. The molecule has 0 fully saturated rings. The largest absolute Gasteiger partial charge is 0.497 e. The molecule has 38 heavy (non-hydrogen) atoms. The van der Waals surface area contributed by atoms with Crippen LogP contribution in [0.2, 0.25) is 0 Å². The Morgan fingerprint density at radius 3 is 2.71 bits per heavy atom. The zero-order valence-corrected chi connectivity index (χ0v) is 21.8. The zero-order valence-electron chi connectivity index (χ0n) is 21.8. The van der Waals surface area contributed by atoms with Crippen LogP contribution >= 0.6 is 0 Å². The van der Waals surface area contributed by atoms with Crippen LogP contribution in [0.1, 0.15) is 35.3 Å². The van der Waals surface area contributed by atoms with Gasteiger partial charge in [-0.1, -0.05) is 30.3 Å². The van der Waals surface area contributed by atoms with E-state index in [1.54, 1.807) is 37.4 Å². The molecule has 0 aliphatic carbocycles. The van der Waals surface area contributed by atoms with Crippen molar-refractivity contribution < 1.29 is 14.3 Å². The average molecular weight is 510 g/mol. The first-order chi connectivity index (χ1) is 18.4. The molecular formula is C30H31N5O3. The van der Waals surface area contributed by atoms with Crippen LogP contribution in [0.25, 0.3) is 17.0 Å². The normalized spacial score (nSPS) is 14.7. The van der Waals surface area contributed by atoms with Crippen molar-refractivity contribution in [3.8, 4) is 5.75 Å². The second-order valence-electron chi connectivity index (χ2n) is 9.59. The minimum Gasteiger partial charge on any atom is -0.497 e. The molecule has 1 unspecified atom stereocenters. The van der Waals surface area contributed by atoms with Gasteiger partial charge in [-0.3, -0.25) is 14.5 Å². The van der Waals surface area contributed by atoms with Crippen molar-refractivity contribution in [2.75, 3.05) is 26.0 Å². The van der Waals surface area contributed by atoms with Crippen molar-refractivity contribution in [3.63, 3.8) is 0 Å². The molecule has 1 aliphatic rings. The van der Waals surface area contributed by atoms with E-state index >= 15 is 0 Å². The summed E-state index contributed by atoms with van der Waals surface area (Å²) in [5.74, 6) is 1.14. The monoisotopic (exact) mass is 509 g/mol. The van der Waals surface area contributed by atoms with E-state index in [-0.39, 0.29) is 24.4 Å². The number of nitrogens with zero attached hydrogens (tertiary/aromatic N) is 3. The van der Waals surface area contributed by atoms with Crippen LogP contribution < -0.4 is 10.1 Å². The number of fused-ring (bicyclic) bond motifs is 2. The van der Waals surface area contributed by atoms with Crippen molar-refractivity contribution in [1.82, 2.24) is 19.8 Å². The first-order valence-electron chi connectivity index (χ1n) is 12.6. The number of ether oxygens (including phenoxy) is 1. The Bertz CT molecular complexity index is 1460. The number of amides is 2. The predicted molar refractivity (Wildman–Crippen MR) is 148 cm³/mol. The molecule has 0 spiro atoms. The summed E-state index contributed by atoms with van der Waals surface area (Å²) < 4.78 is 5.24. The van der Waals surface area contributed by atoms with Gasteiger partial charge in [0.1, 0.15) is 11.6 Å². The van der Waals surface area contributed by atoms with Gasteiger partial charge in [0.05, 0.1) is 19.7 Å². The van der Waals surface area contributed by atoms with Crippen molar-refractivity contribution in [2.45, 2.75) is 26.1 Å². The van der Waals surface area contributed by atoms with Gasteiger partial charge in [0.25, 0.3) is 0 Å².